The lowest BCUT2D eigenvalue weighted by atomic mass is 10.2. The number of hydrogen-bond donors (Lipinski definition) is 2. The van der Waals surface area contributed by atoms with Gasteiger partial charge < -0.3 is 5.32 Å². The summed E-state index contributed by atoms with van der Waals surface area (Å²) in [6.07, 6.45) is 3.19. The smallest absolute Gasteiger partial charge is 0.244 e. The second-order valence-corrected chi connectivity index (χ2v) is 6.16. The van der Waals surface area contributed by atoms with Crippen LogP contribution in [0.1, 0.15) is 25.6 Å². The first-order valence-electron chi connectivity index (χ1n) is 6.66. The van der Waals surface area contributed by atoms with Crippen LogP contribution >= 0.6 is 0 Å². The summed E-state index contributed by atoms with van der Waals surface area (Å²) in [7, 11) is -3.68. The highest BCUT2D eigenvalue weighted by Crippen LogP contribution is 2.20. The highest BCUT2D eigenvalue weighted by atomic mass is 32.2. The van der Waals surface area contributed by atoms with Crippen LogP contribution in [-0.2, 0) is 10.0 Å². The van der Waals surface area contributed by atoms with Gasteiger partial charge in [-0.25, -0.2) is 18.1 Å². The lowest BCUT2D eigenvalue weighted by Gasteiger charge is -2.15. The number of anilines is 1. The molecule has 2 N–H and O–H groups in total. The van der Waals surface area contributed by atoms with Crippen molar-refractivity contribution in [2.24, 2.45) is 0 Å². The molecule has 0 fully saturated rings. The maximum absolute atomic E-state index is 12.5. The number of rotatable bonds is 6. The number of nitrogens with zero attached hydrogens (tertiary/aromatic N) is 2. The zero-order valence-electron chi connectivity index (χ0n) is 11.9. The van der Waals surface area contributed by atoms with Crippen LogP contribution in [0, 0.1) is 0 Å². The predicted molar refractivity (Wildman–Crippen MR) is 81.4 cm³/mol. The molecule has 0 radical (unpaired) electrons. The van der Waals surface area contributed by atoms with Crippen molar-refractivity contribution in [2.75, 3.05) is 11.9 Å². The van der Waals surface area contributed by atoms with E-state index in [0.29, 0.717) is 18.1 Å². The Bertz CT molecular complexity index is 689. The largest absolute Gasteiger partial charge is 0.369 e. The Morgan fingerprint density at radius 3 is 2.57 bits per heavy atom. The molecular formula is C14H18N4O2S. The Labute approximate surface area is 124 Å². The van der Waals surface area contributed by atoms with Gasteiger partial charge in [-0.3, -0.25) is 4.98 Å². The van der Waals surface area contributed by atoms with Crippen LogP contribution in [0.3, 0.4) is 0 Å². The Morgan fingerprint density at radius 2 is 1.90 bits per heavy atom. The van der Waals surface area contributed by atoms with Crippen LogP contribution in [0.15, 0.2) is 47.6 Å². The zero-order chi connectivity index (χ0) is 15.3. The van der Waals surface area contributed by atoms with Gasteiger partial charge in [-0.15, -0.1) is 0 Å². The van der Waals surface area contributed by atoms with Gasteiger partial charge in [-0.2, -0.15) is 0 Å². The number of nitrogens with one attached hydrogen (secondary N) is 2. The van der Waals surface area contributed by atoms with E-state index >= 15 is 0 Å². The first-order chi connectivity index (χ1) is 10.0. The van der Waals surface area contributed by atoms with Crippen molar-refractivity contribution >= 4 is 15.8 Å². The lowest BCUT2D eigenvalue weighted by Crippen LogP contribution is -2.28. The number of hydrogen-bond acceptors (Lipinski definition) is 5. The molecule has 2 aromatic heterocycles. The minimum absolute atomic E-state index is 0.134. The molecule has 0 aromatic carbocycles. The topological polar surface area (TPSA) is 84.0 Å². The van der Waals surface area contributed by atoms with Gasteiger partial charge in [0.15, 0.2) is 0 Å². The van der Waals surface area contributed by atoms with E-state index < -0.39 is 16.1 Å². The van der Waals surface area contributed by atoms with Gasteiger partial charge in [-0.05, 0) is 38.1 Å². The fourth-order valence-electron chi connectivity index (χ4n) is 1.90. The Morgan fingerprint density at radius 1 is 1.14 bits per heavy atom. The molecule has 2 rings (SSSR count). The predicted octanol–water partition coefficient (Wildman–Crippen LogP) is 1.95. The van der Waals surface area contributed by atoms with E-state index in [-0.39, 0.29) is 4.90 Å². The summed E-state index contributed by atoms with van der Waals surface area (Å²) in [5.41, 5.74) is 0.662. The molecule has 0 spiro atoms. The van der Waals surface area contributed by atoms with E-state index in [1.54, 1.807) is 37.5 Å². The fraction of sp³-hybridized carbons (Fsp3) is 0.286. The van der Waals surface area contributed by atoms with Gasteiger partial charge in [0, 0.05) is 18.9 Å². The number of sulfonamides is 1. The molecule has 21 heavy (non-hydrogen) atoms. The number of aromatic nitrogens is 2. The summed E-state index contributed by atoms with van der Waals surface area (Å²) < 4.78 is 27.6. The van der Waals surface area contributed by atoms with Gasteiger partial charge in [0.25, 0.3) is 0 Å². The van der Waals surface area contributed by atoms with Crippen molar-refractivity contribution in [1.29, 1.82) is 0 Å². The van der Waals surface area contributed by atoms with Crippen molar-refractivity contribution in [3.63, 3.8) is 0 Å². The summed E-state index contributed by atoms with van der Waals surface area (Å²) in [6, 6.07) is 8.09. The van der Waals surface area contributed by atoms with E-state index in [4.69, 9.17) is 0 Å². The molecule has 112 valence electrons. The summed E-state index contributed by atoms with van der Waals surface area (Å²) in [4.78, 5) is 8.36. The van der Waals surface area contributed by atoms with Crippen molar-refractivity contribution in [3.05, 3.63) is 48.4 Å². The quantitative estimate of drug-likeness (QED) is 0.852. The van der Waals surface area contributed by atoms with Crippen LogP contribution in [-0.4, -0.2) is 24.9 Å². The summed E-state index contributed by atoms with van der Waals surface area (Å²) >= 11 is 0. The second kappa shape index (κ2) is 6.64. The van der Waals surface area contributed by atoms with Gasteiger partial charge in [0.2, 0.25) is 10.0 Å². The van der Waals surface area contributed by atoms with Gasteiger partial charge in [-0.1, -0.05) is 6.07 Å². The van der Waals surface area contributed by atoms with Crippen LogP contribution in [0.5, 0.6) is 0 Å². The van der Waals surface area contributed by atoms with E-state index in [1.807, 2.05) is 13.0 Å². The van der Waals surface area contributed by atoms with Gasteiger partial charge in [0.05, 0.1) is 11.7 Å². The molecule has 7 heteroatoms. The molecular weight excluding hydrogens is 288 g/mol. The first kappa shape index (κ1) is 15.4. The van der Waals surface area contributed by atoms with Gasteiger partial charge >= 0.3 is 0 Å². The molecule has 0 bridgehead atoms. The molecule has 1 atom stereocenters. The third kappa shape index (κ3) is 3.77. The van der Waals surface area contributed by atoms with Crippen LogP contribution in [0.2, 0.25) is 0 Å². The molecule has 0 saturated carbocycles. The second-order valence-electron chi connectivity index (χ2n) is 4.48. The van der Waals surface area contributed by atoms with Crippen molar-refractivity contribution in [2.45, 2.75) is 24.8 Å². The maximum Gasteiger partial charge on any atom is 0.244 e. The lowest BCUT2D eigenvalue weighted by molar-refractivity contribution is 0.564. The summed E-state index contributed by atoms with van der Waals surface area (Å²) in [5.74, 6) is 0.348. The standard InChI is InChI=1S/C14H18N4O2S/c1-3-15-14-13(8-6-10-17-14)21(19,20)18-11(2)12-7-4-5-9-16-12/h4-11,18H,3H2,1-2H3,(H,15,17). The molecule has 0 aliphatic carbocycles. The van der Waals surface area contributed by atoms with Crippen LogP contribution < -0.4 is 10.0 Å². The molecule has 0 saturated heterocycles. The average Bonchev–Trinajstić information content (AvgIpc) is 2.48. The molecule has 0 amide bonds. The fourth-order valence-corrected chi connectivity index (χ4v) is 3.25. The molecule has 1 unspecified atom stereocenters. The van der Waals surface area contributed by atoms with E-state index in [1.165, 1.54) is 6.07 Å². The third-order valence-corrected chi connectivity index (χ3v) is 4.44. The summed E-state index contributed by atoms with van der Waals surface area (Å²) in [6.45, 7) is 4.23. The maximum atomic E-state index is 12.5. The highest BCUT2D eigenvalue weighted by Gasteiger charge is 2.22. The van der Waals surface area contributed by atoms with Crippen LogP contribution in [0.4, 0.5) is 5.82 Å². The Hall–Kier alpha value is -1.99. The van der Waals surface area contributed by atoms with Gasteiger partial charge in [0.1, 0.15) is 10.7 Å². The molecule has 0 aliphatic heterocycles. The van der Waals surface area contributed by atoms with Crippen molar-refractivity contribution < 1.29 is 8.42 Å². The minimum Gasteiger partial charge on any atom is -0.369 e. The van der Waals surface area contributed by atoms with E-state index in [9.17, 15) is 8.42 Å². The molecule has 0 aliphatic rings. The monoisotopic (exact) mass is 306 g/mol. The molecule has 2 aromatic rings. The SMILES string of the molecule is CCNc1ncccc1S(=O)(=O)NC(C)c1ccccn1. The minimum atomic E-state index is -3.68. The van der Waals surface area contributed by atoms with E-state index in [2.05, 4.69) is 20.0 Å². The average molecular weight is 306 g/mol. The normalized spacial score (nSPS) is 12.9. The summed E-state index contributed by atoms with van der Waals surface area (Å²) in [5, 5.41) is 2.95. The van der Waals surface area contributed by atoms with Crippen molar-refractivity contribution in [3.8, 4) is 0 Å². The number of pyridine rings is 2. The van der Waals surface area contributed by atoms with E-state index in [0.717, 1.165) is 0 Å². The van der Waals surface area contributed by atoms with Crippen LogP contribution in [0.25, 0.3) is 0 Å². The zero-order valence-corrected chi connectivity index (χ0v) is 12.8. The Balaban J connectivity index is 2.27. The molecule has 2 heterocycles. The first-order valence-corrected chi connectivity index (χ1v) is 8.15. The Kier molecular flexibility index (Phi) is 4.87. The third-order valence-electron chi connectivity index (χ3n) is 2.87. The van der Waals surface area contributed by atoms with Crippen molar-refractivity contribution in [1.82, 2.24) is 14.7 Å². The highest BCUT2D eigenvalue weighted by molar-refractivity contribution is 7.89. The molecule has 6 nitrogen and oxygen atoms in total.